The highest BCUT2D eigenvalue weighted by Gasteiger charge is 2.00. The van der Waals surface area contributed by atoms with Crippen molar-refractivity contribution in [2.24, 2.45) is 0 Å². The van der Waals surface area contributed by atoms with Gasteiger partial charge in [0.25, 0.3) is 0 Å². The number of rotatable bonds is 5. The van der Waals surface area contributed by atoms with Crippen molar-refractivity contribution in [3.05, 3.63) is 11.6 Å². The molecular weight excluding hydrogens is 150 g/mol. The third kappa shape index (κ3) is 4.94. The third-order valence-electron chi connectivity index (χ3n) is 1.63. The Labute approximate surface area is 75.0 Å². The zero-order valence-corrected chi connectivity index (χ0v) is 8.31. The van der Waals surface area contributed by atoms with Gasteiger partial charge in [-0.2, -0.15) is 0 Å². The van der Waals surface area contributed by atoms with Crippen LogP contribution in [0.2, 0.25) is 0 Å². The van der Waals surface area contributed by atoms with Crippen molar-refractivity contribution in [3.8, 4) is 0 Å². The number of nitrogens with one attached hydrogen (secondary N) is 1. The molecule has 0 spiro atoms. The SMILES string of the molecule is CCCC=C(C)C(=O)NCCC. The van der Waals surface area contributed by atoms with E-state index in [1.807, 2.05) is 19.9 Å². The predicted octanol–water partition coefficient (Wildman–Crippen LogP) is 2.26. The van der Waals surface area contributed by atoms with Crippen LogP contribution in [0.1, 0.15) is 40.0 Å². The largest absolute Gasteiger partial charge is 0.352 e. The van der Waals surface area contributed by atoms with Crippen LogP contribution in [0.25, 0.3) is 0 Å². The molecule has 70 valence electrons. The van der Waals surface area contributed by atoms with E-state index in [0.717, 1.165) is 31.4 Å². The number of carbonyl (C=O) groups excluding carboxylic acids is 1. The molecule has 0 aliphatic rings. The van der Waals surface area contributed by atoms with E-state index in [0.29, 0.717) is 0 Å². The van der Waals surface area contributed by atoms with Crippen LogP contribution in [0.5, 0.6) is 0 Å². The monoisotopic (exact) mass is 169 g/mol. The second kappa shape index (κ2) is 6.89. The van der Waals surface area contributed by atoms with Gasteiger partial charge < -0.3 is 5.32 Å². The van der Waals surface area contributed by atoms with E-state index in [1.54, 1.807) is 0 Å². The van der Waals surface area contributed by atoms with Gasteiger partial charge in [-0.1, -0.05) is 26.3 Å². The van der Waals surface area contributed by atoms with Crippen LogP contribution in [0, 0.1) is 0 Å². The minimum Gasteiger partial charge on any atom is -0.352 e. The first-order chi connectivity index (χ1) is 5.72. The van der Waals surface area contributed by atoms with Gasteiger partial charge in [0, 0.05) is 12.1 Å². The van der Waals surface area contributed by atoms with Gasteiger partial charge in [0.05, 0.1) is 0 Å². The van der Waals surface area contributed by atoms with Gasteiger partial charge in [-0.15, -0.1) is 0 Å². The molecule has 0 rings (SSSR count). The van der Waals surface area contributed by atoms with Crippen molar-refractivity contribution in [1.29, 1.82) is 0 Å². The molecule has 0 fully saturated rings. The topological polar surface area (TPSA) is 29.1 Å². The quantitative estimate of drug-likeness (QED) is 0.628. The van der Waals surface area contributed by atoms with Gasteiger partial charge in [0.1, 0.15) is 0 Å². The first-order valence-corrected chi connectivity index (χ1v) is 4.67. The zero-order chi connectivity index (χ0) is 9.40. The summed E-state index contributed by atoms with van der Waals surface area (Å²) in [4.78, 5) is 11.2. The molecular formula is C10H19NO. The number of hydrogen-bond donors (Lipinski definition) is 1. The Morgan fingerprint density at radius 3 is 2.50 bits per heavy atom. The van der Waals surface area contributed by atoms with Gasteiger partial charge in [0.15, 0.2) is 0 Å². The van der Waals surface area contributed by atoms with Gasteiger partial charge in [-0.3, -0.25) is 4.79 Å². The van der Waals surface area contributed by atoms with Crippen molar-refractivity contribution in [2.75, 3.05) is 6.54 Å². The average molecular weight is 169 g/mol. The molecule has 0 saturated carbocycles. The lowest BCUT2D eigenvalue weighted by Gasteiger charge is -2.02. The van der Waals surface area contributed by atoms with Crippen LogP contribution in [0.4, 0.5) is 0 Å². The minimum atomic E-state index is 0.0744. The maximum absolute atomic E-state index is 11.2. The first kappa shape index (κ1) is 11.2. The van der Waals surface area contributed by atoms with E-state index in [1.165, 1.54) is 0 Å². The highest BCUT2D eigenvalue weighted by atomic mass is 16.1. The maximum Gasteiger partial charge on any atom is 0.246 e. The molecule has 0 unspecified atom stereocenters. The highest BCUT2D eigenvalue weighted by molar-refractivity contribution is 5.92. The number of hydrogen-bond acceptors (Lipinski definition) is 1. The number of carbonyl (C=O) groups is 1. The average Bonchev–Trinajstić information content (AvgIpc) is 2.10. The van der Waals surface area contributed by atoms with Crippen molar-refractivity contribution >= 4 is 5.91 Å². The smallest absolute Gasteiger partial charge is 0.246 e. The molecule has 0 heterocycles. The molecule has 0 aromatic carbocycles. The van der Waals surface area contributed by atoms with Gasteiger partial charge in [-0.05, 0) is 19.8 Å². The molecule has 1 N–H and O–H groups in total. The van der Waals surface area contributed by atoms with Crippen molar-refractivity contribution in [3.63, 3.8) is 0 Å². The molecule has 0 aromatic rings. The van der Waals surface area contributed by atoms with Crippen LogP contribution in [-0.4, -0.2) is 12.5 Å². The molecule has 0 aliphatic heterocycles. The molecule has 2 nitrogen and oxygen atoms in total. The Bertz CT molecular complexity index is 161. The molecule has 0 aliphatic carbocycles. The lowest BCUT2D eigenvalue weighted by atomic mass is 10.2. The Morgan fingerprint density at radius 1 is 1.33 bits per heavy atom. The van der Waals surface area contributed by atoms with Gasteiger partial charge in [-0.25, -0.2) is 0 Å². The standard InChI is InChI=1S/C10H19NO/c1-4-6-7-9(3)10(12)11-8-5-2/h7H,4-6,8H2,1-3H3,(H,11,12). The van der Waals surface area contributed by atoms with Crippen LogP contribution in [0.15, 0.2) is 11.6 Å². The van der Waals surface area contributed by atoms with Crippen molar-refractivity contribution in [2.45, 2.75) is 40.0 Å². The molecule has 0 aromatic heterocycles. The molecule has 1 amide bonds. The van der Waals surface area contributed by atoms with Crippen LogP contribution in [0.3, 0.4) is 0 Å². The lowest BCUT2D eigenvalue weighted by Crippen LogP contribution is -2.24. The summed E-state index contributed by atoms with van der Waals surface area (Å²) in [6.45, 7) is 6.79. The fourth-order valence-electron chi connectivity index (χ4n) is 0.831. The summed E-state index contributed by atoms with van der Waals surface area (Å²) in [5.41, 5.74) is 0.838. The van der Waals surface area contributed by atoms with E-state index in [2.05, 4.69) is 12.2 Å². The molecule has 0 bridgehead atoms. The van der Waals surface area contributed by atoms with Crippen molar-refractivity contribution in [1.82, 2.24) is 5.32 Å². The Hall–Kier alpha value is -0.790. The minimum absolute atomic E-state index is 0.0744. The van der Waals surface area contributed by atoms with E-state index >= 15 is 0 Å². The fraction of sp³-hybridized carbons (Fsp3) is 0.700. The second-order valence-corrected chi connectivity index (χ2v) is 2.93. The summed E-state index contributed by atoms with van der Waals surface area (Å²) in [5.74, 6) is 0.0744. The summed E-state index contributed by atoms with van der Waals surface area (Å²) >= 11 is 0. The van der Waals surface area contributed by atoms with E-state index < -0.39 is 0 Å². The Kier molecular flexibility index (Phi) is 6.44. The molecule has 12 heavy (non-hydrogen) atoms. The predicted molar refractivity (Wildman–Crippen MR) is 52.0 cm³/mol. The molecule has 2 heteroatoms. The summed E-state index contributed by atoms with van der Waals surface area (Å²) in [5, 5.41) is 2.83. The zero-order valence-electron chi connectivity index (χ0n) is 8.31. The third-order valence-corrected chi connectivity index (χ3v) is 1.63. The molecule has 0 saturated heterocycles. The van der Waals surface area contributed by atoms with E-state index in [4.69, 9.17) is 0 Å². The summed E-state index contributed by atoms with van der Waals surface area (Å²) < 4.78 is 0. The summed E-state index contributed by atoms with van der Waals surface area (Å²) in [6.07, 6.45) is 5.07. The van der Waals surface area contributed by atoms with E-state index in [9.17, 15) is 4.79 Å². The lowest BCUT2D eigenvalue weighted by molar-refractivity contribution is -0.117. The number of allylic oxidation sites excluding steroid dienone is 1. The van der Waals surface area contributed by atoms with Gasteiger partial charge in [0.2, 0.25) is 5.91 Å². The Balaban J connectivity index is 3.75. The maximum atomic E-state index is 11.2. The number of unbranched alkanes of at least 4 members (excludes halogenated alkanes) is 1. The van der Waals surface area contributed by atoms with Crippen LogP contribution in [-0.2, 0) is 4.79 Å². The van der Waals surface area contributed by atoms with Crippen LogP contribution < -0.4 is 5.32 Å². The van der Waals surface area contributed by atoms with E-state index in [-0.39, 0.29) is 5.91 Å². The first-order valence-electron chi connectivity index (χ1n) is 4.67. The number of amides is 1. The highest BCUT2D eigenvalue weighted by Crippen LogP contribution is 1.97. The van der Waals surface area contributed by atoms with Gasteiger partial charge >= 0.3 is 0 Å². The van der Waals surface area contributed by atoms with Crippen molar-refractivity contribution < 1.29 is 4.79 Å². The summed E-state index contributed by atoms with van der Waals surface area (Å²) in [6, 6.07) is 0. The normalized spacial score (nSPS) is 11.4. The Morgan fingerprint density at radius 2 is 2.00 bits per heavy atom. The molecule has 0 radical (unpaired) electrons. The second-order valence-electron chi connectivity index (χ2n) is 2.93. The summed E-state index contributed by atoms with van der Waals surface area (Å²) in [7, 11) is 0. The van der Waals surface area contributed by atoms with Crippen LogP contribution >= 0.6 is 0 Å². The molecule has 0 atom stereocenters. The fourth-order valence-corrected chi connectivity index (χ4v) is 0.831.